The Balaban J connectivity index is 2.77. The van der Waals surface area contributed by atoms with Crippen molar-refractivity contribution in [3.63, 3.8) is 0 Å². The molecule has 0 radical (unpaired) electrons. The highest BCUT2D eigenvalue weighted by Crippen LogP contribution is 2.17. The van der Waals surface area contributed by atoms with Crippen LogP contribution in [0.4, 0.5) is 5.69 Å². The Hall–Kier alpha value is -1.86. The van der Waals surface area contributed by atoms with Crippen LogP contribution in [-0.2, 0) is 4.79 Å². The first-order valence-electron chi connectivity index (χ1n) is 5.56. The molecule has 1 amide bonds. The maximum atomic E-state index is 10.9. The average molecular weight is 231 g/mol. The number of rotatable bonds is 4. The van der Waals surface area contributed by atoms with Crippen LogP contribution in [0, 0.1) is 11.3 Å². The lowest BCUT2D eigenvalue weighted by molar-refractivity contribution is -0.114. The van der Waals surface area contributed by atoms with Crippen LogP contribution in [0.25, 0.3) is 0 Å². The zero-order valence-corrected chi connectivity index (χ0v) is 10.3. The van der Waals surface area contributed by atoms with E-state index in [1.807, 2.05) is 38.1 Å². The Morgan fingerprint density at radius 2 is 2.12 bits per heavy atom. The van der Waals surface area contributed by atoms with Gasteiger partial charge in [-0.1, -0.05) is 12.1 Å². The van der Waals surface area contributed by atoms with Crippen molar-refractivity contribution >= 4 is 11.6 Å². The molecule has 0 aliphatic rings. The van der Waals surface area contributed by atoms with E-state index in [0.717, 1.165) is 11.3 Å². The number of carbonyl (C=O) groups is 1. The van der Waals surface area contributed by atoms with Crippen molar-refractivity contribution < 1.29 is 4.79 Å². The van der Waals surface area contributed by atoms with Crippen molar-refractivity contribution in [3.05, 3.63) is 29.8 Å². The Kier molecular flexibility index (Phi) is 4.68. The fraction of sp³-hybridized carbons (Fsp3) is 0.385. The summed E-state index contributed by atoms with van der Waals surface area (Å²) in [5.74, 6) is -0.0897. The molecule has 0 heterocycles. The number of anilines is 1. The molecule has 0 aliphatic heterocycles. The molecule has 17 heavy (non-hydrogen) atoms. The molecule has 1 aromatic rings. The summed E-state index contributed by atoms with van der Waals surface area (Å²) in [7, 11) is 0. The van der Waals surface area contributed by atoms with E-state index in [2.05, 4.69) is 16.7 Å². The maximum Gasteiger partial charge on any atom is 0.221 e. The van der Waals surface area contributed by atoms with Crippen molar-refractivity contribution in [2.24, 2.45) is 0 Å². The number of nitrogens with zero attached hydrogens (tertiary/aromatic N) is 1. The van der Waals surface area contributed by atoms with E-state index in [4.69, 9.17) is 5.26 Å². The summed E-state index contributed by atoms with van der Waals surface area (Å²) < 4.78 is 0. The molecular formula is C13H17N3O. The summed E-state index contributed by atoms with van der Waals surface area (Å²) in [6, 6.07) is 9.59. The Morgan fingerprint density at radius 1 is 1.41 bits per heavy atom. The molecule has 0 fully saturated rings. The van der Waals surface area contributed by atoms with Gasteiger partial charge < -0.3 is 5.32 Å². The highest BCUT2D eigenvalue weighted by Gasteiger charge is 2.09. The number of hydrogen-bond donors (Lipinski definition) is 2. The minimum absolute atomic E-state index is 0.0679. The van der Waals surface area contributed by atoms with Gasteiger partial charge in [-0.15, -0.1) is 0 Å². The smallest absolute Gasteiger partial charge is 0.221 e. The van der Waals surface area contributed by atoms with Crippen molar-refractivity contribution in [2.75, 3.05) is 5.32 Å². The van der Waals surface area contributed by atoms with Gasteiger partial charge in [-0.3, -0.25) is 10.1 Å². The molecule has 1 rings (SSSR count). The van der Waals surface area contributed by atoms with Crippen molar-refractivity contribution in [2.45, 2.75) is 32.9 Å². The Labute approximate surface area is 102 Å². The summed E-state index contributed by atoms with van der Waals surface area (Å²) in [4.78, 5) is 10.9. The highest BCUT2D eigenvalue weighted by atomic mass is 16.1. The molecule has 0 saturated heterocycles. The number of benzene rings is 1. The molecule has 90 valence electrons. The zero-order chi connectivity index (χ0) is 12.8. The molecule has 1 aromatic carbocycles. The molecule has 2 N–H and O–H groups in total. The highest BCUT2D eigenvalue weighted by molar-refractivity contribution is 5.88. The summed E-state index contributed by atoms with van der Waals surface area (Å²) in [6.45, 7) is 5.28. The fourth-order valence-electron chi connectivity index (χ4n) is 1.60. The van der Waals surface area contributed by atoms with Gasteiger partial charge in [-0.25, -0.2) is 0 Å². The zero-order valence-electron chi connectivity index (χ0n) is 10.3. The summed E-state index contributed by atoms with van der Waals surface area (Å²) in [5.41, 5.74) is 1.81. The molecule has 0 saturated carbocycles. The van der Waals surface area contributed by atoms with Crippen LogP contribution in [0.1, 0.15) is 32.4 Å². The van der Waals surface area contributed by atoms with Crippen LogP contribution in [-0.4, -0.2) is 11.9 Å². The van der Waals surface area contributed by atoms with E-state index in [0.29, 0.717) is 0 Å². The van der Waals surface area contributed by atoms with Gasteiger partial charge in [0.2, 0.25) is 5.91 Å². The minimum Gasteiger partial charge on any atom is -0.326 e. The second-order valence-corrected chi connectivity index (χ2v) is 4.05. The molecule has 0 spiro atoms. The predicted octanol–water partition coefficient (Wildman–Crippen LogP) is 2.21. The molecule has 0 aromatic heterocycles. The van der Waals surface area contributed by atoms with Gasteiger partial charge in [0, 0.05) is 18.7 Å². The Morgan fingerprint density at radius 3 is 2.71 bits per heavy atom. The first-order valence-corrected chi connectivity index (χ1v) is 5.56. The van der Waals surface area contributed by atoms with Gasteiger partial charge in [0.05, 0.1) is 12.1 Å². The van der Waals surface area contributed by atoms with E-state index < -0.39 is 0 Å². The number of amides is 1. The topological polar surface area (TPSA) is 64.9 Å². The number of hydrogen-bond acceptors (Lipinski definition) is 3. The first-order chi connectivity index (χ1) is 8.02. The molecule has 0 aliphatic carbocycles. The number of nitrogens with one attached hydrogen (secondary N) is 2. The van der Waals surface area contributed by atoms with Gasteiger partial charge in [-0.2, -0.15) is 5.26 Å². The van der Waals surface area contributed by atoms with E-state index in [1.54, 1.807) is 0 Å². The number of nitriles is 1. The largest absolute Gasteiger partial charge is 0.326 e. The molecular weight excluding hydrogens is 214 g/mol. The van der Waals surface area contributed by atoms with Crippen molar-refractivity contribution in [1.82, 2.24) is 5.32 Å². The third kappa shape index (κ3) is 4.25. The molecule has 0 bridgehead atoms. The van der Waals surface area contributed by atoms with Crippen molar-refractivity contribution in [3.8, 4) is 6.07 Å². The van der Waals surface area contributed by atoms with E-state index in [-0.39, 0.29) is 18.0 Å². The van der Waals surface area contributed by atoms with Crippen LogP contribution >= 0.6 is 0 Å². The molecule has 4 nitrogen and oxygen atoms in total. The van der Waals surface area contributed by atoms with Gasteiger partial charge in [-0.05, 0) is 31.5 Å². The standard InChI is InChI=1S/C13H17N3O/c1-9(8-14)15-10(2)12-5-4-6-13(7-12)16-11(3)17/h4-7,9-10,15H,1-3H3,(H,16,17). The quantitative estimate of drug-likeness (QED) is 0.835. The molecule has 2 atom stereocenters. The maximum absolute atomic E-state index is 10.9. The average Bonchev–Trinajstić information content (AvgIpc) is 2.28. The summed E-state index contributed by atoms with van der Waals surface area (Å²) in [6.07, 6.45) is 0. The third-order valence-corrected chi connectivity index (χ3v) is 2.40. The minimum atomic E-state index is -0.200. The third-order valence-electron chi connectivity index (χ3n) is 2.40. The van der Waals surface area contributed by atoms with Crippen LogP contribution in [0.5, 0.6) is 0 Å². The first kappa shape index (κ1) is 13.2. The second kappa shape index (κ2) is 6.02. The van der Waals surface area contributed by atoms with Crippen LogP contribution in [0.2, 0.25) is 0 Å². The van der Waals surface area contributed by atoms with Crippen LogP contribution < -0.4 is 10.6 Å². The van der Waals surface area contributed by atoms with E-state index >= 15 is 0 Å². The van der Waals surface area contributed by atoms with Gasteiger partial charge in [0.15, 0.2) is 0 Å². The predicted molar refractivity (Wildman–Crippen MR) is 67.4 cm³/mol. The second-order valence-electron chi connectivity index (χ2n) is 4.05. The monoisotopic (exact) mass is 231 g/mol. The van der Waals surface area contributed by atoms with Gasteiger partial charge in [0.25, 0.3) is 0 Å². The van der Waals surface area contributed by atoms with Crippen molar-refractivity contribution in [1.29, 1.82) is 5.26 Å². The lowest BCUT2D eigenvalue weighted by Gasteiger charge is -2.16. The van der Waals surface area contributed by atoms with E-state index in [9.17, 15) is 4.79 Å². The normalized spacial score (nSPS) is 13.5. The lowest BCUT2D eigenvalue weighted by Crippen LogP contribution is -2.27. The lowest BCUT2D eigenvalue weighted by atomic mass is 10.1. The molecule has 2 unspecified atom stereocenters. The van der Waals surface area contributed by atoms with Crippen LogP contribution in [0.15, 0.2) is 24.3 Å². The SMILES string of the molecule is CC(=O)Nc1cccc(C(C)NC(C)C#N)c1. The Bertz CT molecular complexity index is 437. The fourth-order valence-corrected chi connectivity index (χ4v) is 1.60. The summed E-state index contributed by atoms with van der Waals surface area (Å²) >= 11 is 0. The number of carbonyl (C=O) groups excluding carboxylic acids is 1. The van der Waals surface area contributed by atoms with Crippen LogP contribution in [0.3, 0.4) is 0 Å². The van der Waals surface area contributed by atoms with E-state index in [1.165, 1.54) is 6.92 Å². The molecule has 4 heteroatoms. The van der Waals surface area contributed by atoms with Gasteiger partial charge in [0.1, 0.15) is 0 Å². The summed E-state index contributed by atoms with van der Waals surface area (Å²) in [5, 5.41) is 14.6. The van der Waals surface area contributed by atoms with Gasteiger partial charge >= 0.3 is 0 Å².